The highest BCUT2D eigenvalue weighted by molar-refractivity contribution is 7.92. The number of nitrogens with one attached hydrogen (secondary N) is 1. The lowest BCUT2D eigenvalue weighted by atomic mass is 10.3. The SMILES string of the molecule is CN(C)S(=O)(=O)NC1CS(=O)(=O)CC1Cl. The van der Waals surface area contributed by atoms with E-state index < -0.39 is 31.5 Å². The lowest BCUT2D eigenvalue weighted by Gasteiger charge is -2.18. The van der Waals surface area contributed by atoms with Crippen molar-refractivity contribution in [2.24, 2.45) is 0 Å². The van der Waals surface area contributed by atoms with Crippen LogP contribution in [0.5, 0.6) is 0 Å². The van der Waals surface area contributed by atoms with Gasteiger partial charge >= 0.3 is 0 Å². The number of hydrogen-bond acceptors (Lipinski definition) is 4. The zero-order valence-electron chi connectivity index (χ0n) is 8.34. The molecule has 1 saturated heterocycles. The van der Waals surface area contributed by atoms with Crippen LogP contribution in [-0.2, 0) is 20.0 Å². The molecule has 1 N–H and O–H groups in total. The number of alkyl halides is 1. The van der Waals surface area contributed by atoms with Crippen LogP contribution in [0.2, 0.25) is 0 Å². The van der Waals surface area contributed by atoms with Gasteiger partial charge in [-0.15, -0.1) is 11.6 Å². The minimum Gasteiger partial charge on any atom is -0.229 e. The molecule has 2 atom stereocenters. The quantitative estimate of drug-likeness (QED) is 0.656. The summed E-state index contributed by atoms with van der Waals surface area (Å²) in [5.41, 5.74) is 0. The summed E-state index contributed by atoms with van der Waals surface area (Å²) >= 11 is 5.75. The van der Waals surface area contributed by atoms with Crippen molar-refractivity contribution >= 4 is 31.6 Å². The second kappa shape index (κ2) is 4.17. The van der Waals surface area contributed by atoms with Crippen molar-refractivity contribution in [3.8, 4) is 0 Å². The minimum absolute atomic E-state index is 0.185. The number of hydrogen-bond donors (Lipinski definition) is 1. The molecule has 0 aromatic carbocycles. The third-order valence-corrected chi connectivity index (χ3v) is 6.00. The molecule has 1 aliphatic rings. The summed E-state index contributed by atoms with van der Waals surface area (Å²) in [5.74, 6) is -0.427. The molecule has 0 aromatic heterocycles. The molecule has 0 radical (unpaired) electrons. The summed E-state index contributed by atoms with van der Waals surface area (Å²) in [7, 11) is -4.14. The van der Waals surface area contributed by atoms with Gasteiger partial charge in [0.05, 0.1) is 22.9 Å². The lowest BCUT2D eigenvalue weighted by Crippen LogP contribution is -2.45. The Labute approximate surface area is 94.7 Å². The van der Waals surface area contributed by atoms with Crippen LogP contribution < -0.4 is 4.72 Å². The summed E-state index contributed by atoms with van der Waals surface area (Å²) in [6.07, 6.45) is 0. The molecule has 1 aliphatic heterocycles. The van der Waals surface area contributed by atoms with Crippen LogP contribution in [0.1, 0.15) is 0 Å². The van der Waals surface area contributed by atoms with Crippen molar-refractivity contribution < 1.29 is 16.8 Å². The molecule has 0 amide bonds. The van der Waals surface area contributed by atoms with Crippen molar-refractivity contribution in [1.29, 1.82) is 0 Å². The average Bonchev–Trinajstić information content (AvgIpc) is 2.23. The Hall–Kier alpha value is 0.110. The smallest absolute Gasteiger partial charge is 0.229 e. The lowest BCUT2D eigenvalue weighted by molar-refractivity contribution is 0.493. The molecule has 6 nitrogen and oxygen atoms in total. The third kappa shape index (κ3) is 3.28. The van der Waals surface area contributed by atoms with Gasteiger partial charge in [0, 0.05) is 14.1 Å². The average molecular weight is 277 g/mol. The molecule has 0 aromatic rings. The van der Waals surface area contributed by atoms with Gasteiger partial charge in [-0.25, -0.2) is 8.42 Å². The van der Waals surface area contributed by atoms with Crippen LogP contribution in [0.4, 0.5) is 0 Å². The number of nitrogens with zero attached hydrogens (tertiary/aromatic N) is 1. The van der Waals surface area contributed by atoms with Crippen molar-refractivity contribution in [3.05, 3.63) is 0 Å². The summed E-state index contributed by atoms with van der Waals surface area (Å²) in [6, 6.07) is -0.746. The predicted octanol–water partition coefficient (Wildman–Crippen LogP) is -1.21. The summed E-state index contributed by atoms with van der Waals surface area (Å²) in [4.78, 5) is 0. The molecule has 2 unspecified atom stereocenters. The molecule has 1 heterocycles. The first kappa shape index (κ1) is 13.2. The second-order valence-corrected chi connectivity index (χ2v) is 8.24. The number of halogens is 1. The first-order valence-corrected chi connectivity index (χ1v) is 7.88. The van der Waals surface area contributed by atoms with Gasteiger partial charge in [0.1, 0.15) is 0 Å². The highest BCUT2D eigenvalue weighted by Crippen LogP contribution is 2.18. The fraction of sp³-hybridized carbons (Fsp3) is 1.00. The largest absolute Gasteiger partial charge is 0.279 e. The first-order valence-electron chi connectivity index (χ1n) is 4.18. The molecule has 0 spiro atoms. The Morgan fingerprint density at radius 1 is 1.33 bits per heavy atom. The van der Waals surface area contributed by atoms with Crippen LogP contribution in [0.25, 0.3) is 0 Å². The molecule has 9 heteroatoms. The van der Waals surface area contributed by atoms with Crippen LogP contribution in [0.15, 0.2) is 0 Å². The molecule has 0 bridgehead atoms. The highest BCUT2D eigenvalue weighted by atomic mass is 35.5. The highest BCUT2D eigenvalue weighted by Gasteiger charge is 2.38. The molecule has 90 valence electrons. The standard InChI is InChI=1S/C6H13ClN2O4S2/c1-9(2)15(12,13)8-6-4-14(10,11)3-5(6)7/h5-6,8H,3-4H2,1-2H3. The zero-order chi connectivity index (χ0) is 11.9. The van der Waals surface area contributed by atoms with Gasteiger partial charge in [0.25, 0.3) is 10.2 Å². The topological polar surface area (TPSA) is 83.6 Å². The number of sulfone groups is 1. The van der Waals surface area contributed by atoms with Crippen LogP contribution in [0, 0.1) is 0 Å². The Morgan fingerprint density at radius 3 is 2.20 bits per heavy atom. The van der Waals surface area contributed by atoms with Gasteiger partial charge in [0.15, 0.2) is 9.84 Å². The van der Waals surface area contributed by atoms with Crippen LogP contribution in [0.3, 0.4) is 0 Å². The van der Waals surface area contributed by atoms with Gasteiger partial charge in [-0.05, 0) is 0 Å². The van der Waals surface area contributed by atoms with Crippen molar-refractivity contribution in [3.63, 3.8) is 0 Å². The van der Waals surface area contributed by atoms with E-state index in [4.69, 9.17) is 11.6 Å². The van der Waals surface area contributed by atoms with E-state index in [1.807, 2.05) is 0 Å². The van der Waals surface area contributed by atoms with Crippen LogP contribution in [-0.4, -0.2) is 58.2 Å². The van der Waals surface area contributed by atoms with E-state index >= 15 is 0 Å². The van der Waals surface area contributed by atoms with Gasteiger partial charge in [-0.1, -0.05) is 0 Å². The molecule has 0 saturated carbocycles. The van der Waals surface area contributed by atoms with E-state index in [1.54, 1.807) is 0 Å². The minimum atomic E-state index is -3.63. The van der Waals surface area contributed by atoms with Gasteiger partial charge in [-0.3, -0.25) is 0 Å². The van der Waals surface area contributed by atoms with Gasteiger partial charge in [0.2, 0.25) is 0 Å². The Kier molecular flexibility index (Phi) is 3.66. The zero-order valence-corrected chi connectivity index (χ0v) is 10.7. The third-order valence-electron chi connectivity index (χ3n) is 2.06. The van der Waals surface area contributed by atoms with E-state index in [-0.39, 0.29) is 11.5 Å². The van der Waals surface area contributed by atoms with E-state index in [0.29, 0.717) is 0 Å². The van der Waals surface area contributed by atoms with E-state index in [0.717, 1.165) is 4.31 Å². The summed E-state index contributed by atoms with van der Waals surface area (Å²) in [5, 5.41) is -0.704. The normalized spacial score (nSPS) is 30.9. The van der Waals surface area contributed by atoms with Gasteiger partial charge in [-0.2, -0.15) is 17.4 Å². The van der Waals surface area contributed by atoms with Crippen molar-refractivity contribution in [1.82, 2.24) is 9.03 Å². The Morgan fingerprint density at radius 2 is 1.87 bits per heavy atom. The summed E-state index contributed by atoms with van der Waals surface area (Å²) in [6.45, 7) is 0. The second-order valence-electron chi connectivity index (χ2n) is 3.60. The van der Waals surface area contributed by atoms with Gasteiger partial charge < -0.3 is 0 Å². The molecular formula is C6H13ClN2O4S2. The monoisotopic (exact) mass is 276 g/mol. The van der Waals surface area contributed by atoms with Crippen molar-refractivity contribution in [2.45, 2.75) is 11.4 Å². The Bertz CT molecular complexity index is 430. The Balaban J connectivity index is 2.78. The molecular weight excluding hydrogens is 264 g/mol. The molecule has 0 aliphatic carbocycles. The molecule has 1 rings (SSSR count). The van der Waals surface area contributed by atoms with Crippen LogP contribution >= 0.6 is 11.6 Å². The fourth-order valence-corrected chi connectivity index (χ4v) is 4.78. The van der Waals surface area contributed by atoms with E-state index in [2.05, 4.69) is 4.72 Å². The van der Waals surface area contributed by atoms with E-state index in [9.17, 15) is 16.8 Å². The number of rotatable bonds is 3. The van der Waals surface area contributed by atoms with E-state index in [1.165, 1.54) is 14.1 Å². The molecule has 15 heavy (non-hydrogen) atoms. The summed E-state index contributed by atoms with van der Waals surface area (Å²) < 4.78 is 48.4. The van der Waals surface area contributed by atoms with Crippen molar-refractivity contribution in [2.75, 3.05) is 25.6 Å². The maximum absolute atomic E-state index is 11.4. The fourth-order valence-electron chi connectivity index (χ4n) is 1.21. The predicted molar refractivity (Wildman–Crippen MR) is 57.8 cm³/mol. The maximum atomic E-state index is 11.4. The maximum Gasteiger partial charge on any atom is 0.279 e. The first-order chi connectivity index (χ1) is 6.64. The molecule has 1 fully saturated rings.